The third-order valence-electron chi connectivity index (χ3n) is 1.47. The van der Waals surface area contributed by atoms with Crippen molar-refractivity contribution in [2.24, 2.45) is 5.90 Å². The predicted octanol–water partition coefficient (Wildman–Crippen LogP) is 0.758. The van der Waals surface area contributed by atoms with E-state index < -0.39 is 0 Å². The Balaban J connectivity index is 2.19. The van der Waals surface area contributed by atoms with Gasteiger partial charge in [0.2, 0.25) is 0 Å². The summed E-state index contributed by atoms with van der Waals surface area (Å²) in [6.45, 7) is 1.05. The smallest absolute Gasteiger partial charge is 0.261 e. The highest BCUT2D eigenvalue weighted by molar-refractivity contribution is 7.12. The maximum atomic E-state index is 11.3. The number of rotatable bonds is 5. The summed E-state index contributed by atoms with van der Waals surface area (Å²) in [6.07, 6.45) is 0.730. The van der Waals surface area contributed by atoms with Crippen LogP contribution in [0.25, 0.3) is 0 Å². The molecule has 0 atom stereocenters. The zero-order valence-electron chi connectivity index (χ0n) is 7.16. The fourth-order valence-electron chi connectivity index (χ4n) is 0.852. The molecule has 1 rings (SSSR count). The topological polar surface area (TPSA) is 64.3 Å². The van der Waals surface area contributed by atoms with Crippen LogP contribution in [0.1, 0.15) is 16.1 Å². The first-order chi connectivity index (χ1) is 6.34. The summed E-state index contributed by atoms with van der Waals surface area (Å²) in [6, 6.07) is 3.64. The monoisotopic (exact) mass is 200 g/mol. The largest absolute Gasteiger partial charge is 0.351 e. The van der Waals surface area contributed by atoms with Crippen molar-refractivity contribution in [1.82, 2.24) is 5.32 Å². The lowest BCUT2D eigenvalue weighted by molar-refractivity contribution is 0.0945. The molecule has 1 aromatic heterocycles. The minimum absolute atomic E-state index is 0.0352. The fraction of sp³-hybridized carbons (Fsp3) is 0.375. The molecule has 0 bridgehead atoms. The van der Waals surface area contributed by atoms with Gasteiger partial charge in [0.25, 0.3) is 5.91 Å². The average Bonchev–Trinajstić information content (AvgIpc) is 2.65. The molecule has 1 aromatic rings. The Labute approximate surface area is 80.7 Å². The van der Waals surface area contributed by atoms with Gasteiger partial charge in [0, 0.05) is 6.54 Å². The van der Waals surface area contributed by atoms with Crippen LogP contribution in [0.4, 0.5) is 0 Å². The normalized spacial score (nSPS) is 9.92. The number of carbonyl (C=O) groups is 1. The predicted molar refractivity (Wildman–Crippen MR) is 51.4 cm³/mol. The molecule has 0 unspecified atom stereocenters. The number of amides is 1. The van der Waals surface area contributed by atoms with Gasteiger partial charge in [-0.1, -0.05) is 6.07 Å². The summed E-state index contributed by atoms with van der Waals surface area (Å²) in [4.78, 5) is 16.4. The first kappa shape index (κ1) is 10.2. The van der Waals surface area contributed by atoms with E-state index >= 15 is 0 Å². The van der Waals surface area contributed by atoms with Gasteiger partial charge in [-0.2, -0.15) is 0 Å². The Morgan fingerprint density at radius 2 is 2.54 bits per heavy atom. The van der Waals surface area contributed by atoms with E-state index in [2.05, 4.69) is 10.2 Å². The molecule has 0 spiro atoms. The van der Waals surface area contributed by atoms with Crippen LogP contribution in [-0.4, -0.2) is 19.1 Å². The van der Waals surface area contributed by atoms with Gasteiger partial charge < -0.3 is 10.2 Å². The molecular formula is C8H12N2O2S. The molecule has 0 saturated carbocycles. The molecule has 1 amide bonds. The SMILES string of the molecule is NOCCCNC(=O)c1cccs1. The molecule has 0 fully saturated rings. The van der Waals surface area contributed by atoms with Gasteiger partial charge in [0.15, 0.2) is 0 Å². The summed E-state index contributed by atoms with van der Waals surface area (Å²) in [5, 5.41) is 4.63. The van der Waals surface area contributed by atoms with Crippen LogP contribution in [0, 0.1) is 0 Å². The van der Waals surface area contributed by atoms with E-state index in [4.69, 9.17) is 5.90 Å². The van der Waals surface area contributed by atoms with Crippen LogP contribution >= 0.6 is 11.3 Å². The minimum atomic E-state index is -0.0352. The van der Waals surface area contributed by atoms with E-state index in [0.29, 0.717) is 13.2 Å². The molecule has 13 heavy (non-hydrogen) atoms. The van der Waals surface area contributed by atoms with E-state index in [1.807, 2.05) is 11.4 Å². The second kappa shape index (κ2) is 5.69. The van der Waals surface area contributed by atoms with Gasteiger partial charge in [0.1, 0.15) is 0 Å². The van der Waals surface area contributed by atoms with Crippen molar-refractivity contribution in [3.8, 4) is 0 Å². The lowest BCUT2D eigenvalue weighted by atomic mass is 10.4. The number of hydrogen-bond acceptors (Lipinski definition) is 4. The van der Waals surface area contributed by atoms with Crippen molar-refractivity contribution in [2.45, 2.75) is 6.42 Å². The standard InChI is InChI=1S/C8H12N2O2S/c9-12-5-2-4-10-8(11)7-3-1-6-13-7/h1,3,6H,2,4-5,9H2,(H,10,11). The number of hydrogen-bond donors (Lipinski definition) is 2. The molecule has 4 nitrogen and oxygen atoms in total. The third kappa shape index (κ3) is 3.54. The Bertz CT molecular complexity index is 249. The van der Waals surface area contributed by atoms with E-state index in [-0.39, 0.29) is 5.91 Å². The Kier molecular flexibility index (Phi) is 4.45. The third-order valence-corrected chi connectivity index (χ3v) is 2.34. The Morgan fingerprint density at radius 1 is 1.69 bits per heavy atom. The lowest BCUT2D eigenvalue weighted by Gasteiger charge is -2.01. The van der Waals surface area contributed by atoms with Crippen molar-refractivity contribution in [3.05, 3.63) is 22.4 Å². The maximum absolute atomic E-state index is 11.3. The molecule has 3 N–H and O–H groups in total. The molecule has 0 aliphatic heterocycles. The summed E-state index contributed by atoms with van der Waals surface area (Å²) in [5.74, 6) is 4.79. The van der Waals surface area contributed by atoms with Crippen molar-refractivity contribution in [2.75, 3.05) is 13.2 Å². The van der Waals surface area contributed by atoms with Crippen LogP contribution in [0.15, 0.2) is 17.5 Å². The zero-order valence-corrected chi connectivity index (χ0v) is 7.97. The van der Waals surface area contributed by atoms with Crippen LogP contribution in [0.2, 0.25) is 0 Å². The first-order valence-corrected chi connectivity index (χ1v) is 4.86. The molecule has 72 valence electrons. The molecule has 0 radical (unpaired) electrons. The highest BCUT2D eigenvalue weighted by Gasteiger charge is 2.03. The van der Waals surface area contributed by atoms with Crippen LogP contribution in [0.3, 0.4) is 0 Å². The van der Waals surface area contributed by atoms with E-state index in [9.17, 15) is 4.79 Å². The first-order valence-electron chi connectivity index (χ1n) is 3.98. The molecule has 0 aromatic carbocycles. The van der Waals surface area contributed by atoms with Crippen LogP contribution in [-0.2, 0) is 4.84 Å². The van der Waals surface area contributed by atoms with E-state index in [1.165, 1.54) is 11.3 Å². The summed E-state index contributed by atoms with van der Waals surface area (Å²) in [7, 11) is 0. The summed E-state index contributed by atoms with van der Waals surface area (Å²) in [5.41, 5.74) is 0. The van der Waals surface area contributed by atoms with Gasteiger partial charge in [-0.15, -0.1) is 11.3 Å². The fourth-order valence-corrected chi connectivity index (χ4v) is 1.49. The van der Waals surface area contributed by atoms with Crippen molar-refractivity contribution < 1.29 is 9.63 Å². The molecule has 0 aliphatic carbocycles. The molecule has 1 heterocycles. The summed E-state index contributed by atoms with van der Waals surface area (Å²) < 4.78 is 0. The van der Waals surface area contributed by atoms with Crippen molar-refractivity contribution in [3.63, 3.8) is 0 Å². The maximum Gasteiger partial charge on any atom is 0.261 e. The number of carbonyl (C=O) groups excluding carboxylic acids is 1. The highest BCUT2D eigenvalue weighted by Crippen LogP contribution is 2.07. The Hall–Kier alpha value is -0.910. The minimum Gasteiger partial charge on any atom is -0.351 e. The van der Waals surface area contributed by atoms with E-state index in [1.54, 1.807) is 6.07 Å². The average molecular weight is 200 g/mol. The number of nitrogens with two attached hydrogens (primary N) is 1. The van der Waals surface area contributed by atoms with Gasteiger partial charge in [-0.05, 0) is 17.9 Å². The molecule has 5 heteroatoms. The van der Waals surface area contributed by atoms with Crippen molar-refractivity contribution >= 4 is 17.2 Å². The number of thiophene rings is 1. The van der Waals surface area contributed by atoms with E-state index in [0.717, 1.165) is 11.3 Å². The van der Waals surface area contributed by atoms with Crippen LogP contribution < -0.4 is 11.2 Å². The quantitative estimate of drug-likeness (QED) is 0.544. The van der Waals surface area contributed by atoms with Crippen LogP contribution in [0.5, 0.6) is 0 Å². The second-order valence-corrected chi connectivity index (χ2v) is 3.41. The van der Waals surface area contributed by atoms with Gasteiger partial charge >= 0.3 is 0 Å². The van der Waals surface area contributed by atoms with Gasteiger partial charge in [-0.25, -0.2) is 5.90 Å². The van der Waals surface area contributed by atoms with Gasteiger partial charge in [0.05, 0.1) is 11.5 Å². The zero-order chi connectivity index (χ0) is 9.52. The highest BCUT2D eigenvalue weighted by atomic mass is 32.1. The molecule has 0 aliphatic rings. The number of nitrogens with one attached hydrogen (secondary N) is 1. The molecule has 0 saturated heterocycles. The second-order valence-electron chi connectivity index (χ2n) is 2.46. The lowest BCUT2D eigenvalue weighted by Crippen LogP contribution is -2.24. The van der Waals surface area contributed by atoms with Gasteiger partial charge in [-0.3, -0.25) is 4.79 Å². The molecular weight excluding hydrogens is 188 g/mol. The summed E-state index contributed by atoms with van der Waals surface area (Å²) >= 11 is 1.43. The van der Waals surface area contributed by atoms with Crippen molar-refractivity contribution in [1.29, 1.82) is 0 Å². The Morgan fingerprint density at radius 3 is 3.15 bits per heavy atom.